The fourth-order valence-corrected chi connectivity index (χ4v) is 2.92. The van der Waals surface area contributed by atoms with Gasteiger partial charge in [0.15, 0.2) is 17.5 Å². The monoisotopic (exact) mass is 383 g/mol. The van der Waals surface area contributed by atoms with Gasteiger partial charge in [0.1, 0.15) is 5.76 Å². The van der Waals surface area contributed by atoms with Crippen molar-refractivity contribution in [3.05, 3.63) is 41.7 Å². The number of amides is 2. The topological polar surface area (TPSA) is 75.4 Å². The van der Waals surface area contributed by atoms with E-state index in [4.69, 9.17) is 4.52 Å². The lowest BCUT2D eigenvalue weighted by Gasteiger charge is -2.21. The van der Waals surface area contributed by atoms with Gasteiger partial charge in [-0.2, -0.15) is 0 Å². The molecular formula is C17H19F2N3O3S. The molecule has 0 saturated heterocycles. The minimum absolute atomic E-state index is 0.0132. The van der Waals surface area contributed by atoms with Crippen molar-refractivity contribution in [1.29, 1.82) is 0 Å². The van der Waals surface area contributed by atoms with E-state index in [1.807, 2.05) is 0 Å². The Morgan fingerprint density at radius 1 is 1.31 bits per heavy atom. The van der Waals surface area contributed by atoms with Crippen molar-refractivity contribution in [2.45, 2.75) is 26.0 Å². The molecule has 26 heavy (non-hydrogen) atoms. The van der Waals surface area contributed by atoms with Crippen molar-refractivity contribution in [3.63, 3.8) is 0 Å². The molecule has 140 valence electrons. The Bertz CT molecular complexity index is 797. The van der Waals surface area contributed by atoms with Crippen molar-refractivity contribution in [2.75, 3.05) is 22.5 Å². The molecule has 0 aliphatic carbocycles. The quantitative estimate of drug-likeness (QED) is 0.793. The third kappa shape index (κ3) is 5.04. The number of aromatic nitrogens is 1. The van der Waals surface area contributed by atoms with Gasteiger partial charge in [-0.25, -0.2) is 8.78 Å². The van der Waals surface area contributed by atoms with Crippen molar-refractivity contribution >= 4 is 35.1 Å². The average Bonchev–Trinajstić information content (AvgIpc) is 3.01. The highest BCUT2D eigenvalue weighted by Crippen LogP contribution is 2.20. The van der Waals surface area contributed by atoms with Crippen LogP contribution in [0.25, 0.3) is 0 Å². The number of benzene rings is 1. The van der Waals surface area contributed by atoms with Gasteiger partial charge in [-0.15, -0.1) is 11.8 Å². The number of halogens is 2. The van der Waals surface area contributed by atoms with Crippen LogP contribution in [0.2, 0.25) is 0 Å². The van der Waals surface area contributed by atoms with Gasteiger partial charge in [0.25, 0.3) is 0 Å². The molecule has 0 fully saturated rings. The van der Waals surface area contributed by atoms with E-state index in [1.165, 1.54) is 11.0 Å². The summed E-state index contributed by atoms with van der Waals surface area (Å²) in [4.78, 5) is 25.8. The van der Waals surface area contributed by atoms with Crippen LogP contribution in [-0.4, -0.2) is 34.5 Å². The summed E-state index contributed by atoms with van der Waals surface area (Å²) in [6.45, 7) is 5.39. The summed E-state index contributed by atoms with van der Waals surface area (Å²) in [7, 11) is 0. The molecule has 0 aliphatic heterocycles. The van der Waals surface area contributed by atoms with Gasteiger partial charge in [0, 0.05) is 24.4 Å². The summed E-state index contributed by atoms with van der Waals surface area (Å²) in [5.41, 5.74) is 0.271. The van der Waals surface area contributed by atoms with Gasteiger partial charge >= 0.3 is 0 Å². The van der Waals surface area contributed by atoms with E-state index in [0.29, 0.717) is 18.1 Å². The molecule has 1 aromatic heterocycles. The number of carbonyl (C=O) groups excluding carboxylic acids is 2. The summed E-state index contributed by atoms with van der Waals surface area (Å²) >= 11 is 1.13. The van der Waals surface area contributed by atoms with E-state index in [9.17, 15) is 18.4 Å². The number of carbonyl (C=O) groups is 2. The van der Waals surface area contributed by atoms with Gasteiger partial charge in [0.05, 0.1) is 11.0 Å². The first-order chi connectivity index (χ1) is 12.3. The van der Waals surface area contributed by atoms with Gasteiger partial charge in [0.2, 0.25) is 11.8 Å². The lowest BCUT2D eigenvalue weighted by atomic mass is 10.2. The second-order valence-corrected chi connectivity index (χ2v) is 6.83. The number of nitrogens with zero attached hydrogens (tertiary/aromatic N) is 2. The van der Waals surface area contributed by atoms with Gasteiger partial charge in [-0.1, -0.05) is 5.16 Å². The first-order valence-electron chi connectivity index (χ1n) is 7.93. The summed E-state index contributed by atoms with van der Waals surface area (Å²) in [5.74, 6) is -1.71. The molecule has 0 bridgehead atoms. The Labute approximate surface area is 153 Å². The highest BCUT2D eigenvalue weighted by Gasteiger charge is 2.20. The third-order valence-electron chi connectivity index (χ3n) is 3.54. The summed E-state index contributed by atoms with van der Waals surface area (Å²) in [5, 5.41) is 5.75. The predicted octanol–water partition coefficient (Wildman–Crippen LogP) is 3.37. The maximum Gasteiger partial charge on any atom is 0.238 e. The summed E-state index contributed by atoms with van der Waals surface area (Å²) in [6, 6.07) is 4.88. The van der Waals surface area contributed by atoms with Crippen LogP contribution >= 0.6 is 11.8 Å². The summed E-state index contributed by atoms with van der Waals surface area (Å²) < 4.78 is 31.3. The molecule has 1 aromatic carbocycles. The van der Waals surface area contributed by atoms with E-state index in [2.05, 4.69) is 10.5 Å². The van der Waals surface area contributed by atoms with E-state index < -0.39 is 16.9 Å². The van der Waals surface area contributed by atoms with E-state index >= 15 is 0 Å². The minimum Gasteiger partial charge on any atom is -0.360 e. The maximum absolute atomic E-state index is 13.4. The number of hydrogen-bond donors (Lipinski definition) is 1. The van der Waals surface area contributed by atoms with E-state index in [-0.39, 0.29) is 23.3 Å². The second kappa shape index (κ2) is 8.79. The first kappa shape index (κ1) is 19.9. The van der Waals surface area contributed by atoms with Gasteiger partial charge < -0.3 is 14.7 Å². The maximum atomic E-state index is 13.4. The number of nitrogens with one attached hydrogen (secondary N) is 1. The highest BCUT2D eigenvalue weighted by molar-refractivity contribution is 8.01. The molecule has 0 spiro atoms. The molecule has 1 N–H and O–H groups in total. The molecule has 0 radical (unpaired) electrons. The zero-order chi connectivity index (χ0) is 19.3. The highest BCUT2D eigenvalue weighted by atomic mass is 32.2. The zero-order valence-corrected chi connectivity index (χ0v) is 15.4. The van der Waals surface area contributed by atoms with E-state index in [1.54, 1.807) is 26.8 Å². The summed E-state index contributed by atoms with van der Waals surface area (Å²) in [6.07, 6.45) is 0. The van der Waals surface area contributed by atoms with Crippen LogP contribution in [0.15, 0.2) is 28.8 Å². The Hall–Kier alpha value is -2.42. The molecule has 1 heterocycles. The van der Waals surface area contributed by atoms with Crippen LogP contribution in [-0.2, 0) is 9.59 Å². The smallest absolute Gasteiger partial charge is 0.238 e. The minimum atomic E-state index is -1.02. The lowest BCUT2D eigenvalue weighted by Crippen LogP contribution is -2.33. The molecule has 0 saturated carbocycles. The number of thioether (sulfide) groups is 1. The first-order valence-corrected chi connectivity index (χ1v) is 8.98. The Balaban J connectivity index is 1.92. The van der Waals surface area contributed by atoms with Crippen molar-refractivity contribution in [2.24, 2.45) is 0 Å². The van der Waals surface area contributed by atoms with E-state index in [0.717, 1.165) is 23.9 Å². The fourth-order valence-electron chi connectivity index (χ4n) is 2.16. The molecule has 0 aliphatic rings. The molecule has 1 unspecified atom stereocenters. The molecule has 9 heteroatoms. The van der Waals surface area contributed by atoms with Crippen LogP contribution in [0, 0.1) is 18.6 Å². The Kier molecular flexibility index (Phi) is 6.73. The van der Waals surface area contributed by atoms with Crippen LogP contribution < -0.4 is 10.2 Å². The van der Waals surface area contributed by atoms with Crippen LogP contribution in [0.1, 0.15) is 19.6 Å². The lowest BCUT2D eigenvalue weighted by molar-refractivity contribution is -0.116. The van der Waals surface area contributed by atoms with Gasteiger partial charge in [-0.3, -0.25) is 9.59 Å². The number of rotatable bonds is 7. The Morgan fingerprint density at radius 2 is 2.04 bits per heavy atom. The fraction of sp³-hybridized carbons (Fsp3) is 0.353. The number of aryl methyl sites for hydroxylation is 1. The predicted molar refractivity (Wildman–Crippen MR) is 96.2 cm³/mol. The molecule has 6 nitrogen and oxygen atoms in total. The van der Waals surface area contributed by atoms with Crippen LogP contribution in [0.4, 0.5) is 20.3 Å². The van der Waals surface area contributed by atoms with Crippen molar-refractivity contribution in [1.82, 2.24) is 5.16 Å². The molecule has 2 aromatic rings. The molecular weight excluding hydrogens is 364 g/mol. The van der Waals surface area contributed by atoms with Crippen molar-refractivity contribution < 1.29 is 22.9 Å². The van der Waals surface area contributed by atoms with Crippen LogP contribution in [0.3, 0.4) is 0 Å². The standard InChI is InChI=1S/C17H19F2N3O3S/c1-4-22(12-5-6-13(18)14(19)8-12)16(23)9-26-11(3)17(24)20-15-7-10(2)25-21-15/h5-8,11H,4,9H2,1-3H3,(H,20,21,24). The molecule has 2 amide bonds. The zero-order valence-electron chi connectivity index (χ0n) is 14.6. The molecule has 1 atom stereocenters. The van der Waals surface area contributed by atoms with Crippen LogP contribution in [0.5, 0.6) is 0 Å². The SMILES string of the molecule is CCN(C(=O)CSC(C)C(=O)Nc1cc(C)on1)c1ccc(F)c(F)c1. The second-order valence-electron chi connectivity index (χ2n) is 5.50. The molecule has 2 rings (SSSR count). The van der Waals surface area contributed by atoms with Gasteiger partial charge in [-0.05, 0) is 32.9 Å². The average molecular weight is 383 g/mol. The Morgan fingerprint density at radius 3 is 2.62 bits per heavy atom. The third-order valence-corrected chi connectivity index (χ3v) is 4.67. The largest absolute Gasteiger partial charge is 0.360 e. The number of anilines is 2. The normalized spacial score (nSPS) is 11.9. The van der Waals surface area contributed by atoms with Crippen molar-refractivity contribution in [3.8, 4) is 0 Å². The number of hydrogen-bond acceptors (Lipinski definition) is 5.